The summed E-state index contributed by atoms with van der Waals surface area (Å²) >= 11 is 2.05. The predicted octanol–water partition coefficient (Wildman–Crippen LogP) is 3.24. The van der Waals surface area contributed by atoms with Gasteiger partial charge in [-0.25, -0.2) is 0 Å². The molecule has 1 saturated heterocycles. The van der Waals surface area contributed by atoms with Crippen LogP contribution in [0.4, 0.5) is 5.69 Å². The lowest BCUT2D eigenvalue weighted by Gasteiger charge is -2.28. The van der Waals surface area contributed by atoms with Crippen molar-refractivity contribution >= 4 is 23.4 Å². The molecule has 0 aromatic heterocycles. The molecule has 1 aliphatic carbocycles. The molecule has 0 amide bonds. The molecule has 1 aromatic carbocycles. The summed E-state index contributed by atoms with van der Waals surface area (Å²) < 4.78 is 0. The molecule has 2 N–H and O–H groups in total. The standard InChI is InChI=1S/C19H30N4S/c1-20-19(22-17-5-3-2-4-6-17)21-15-16-7-9-18(10-8-16)23-11-13-24-14-12-23/h7-10,17H,2-6,11-15H2,1H3,(H2,20,21,22). The number of anilines is 1. The topological polar surface area (TPSA) is 39.7 Å². The molecule has 0 spiro atoms. The fourth-order valence-corrected chi connectivity index (χ4v) is 4.37. The SMILES string of the molecule is CN=C(NCc1ccc(N2CCSCC2)cc1)NC1CCCCC1. The molecule has 1 heterocycles. The van der Waals surface area contributed by atoms with Crippen LogP contribution in [-0.2, 0) is 6.54 Å². The third-order valence-electron chi connectivity index (χ3n) is 4.94. The number of benzene rings is 1. The van der Waals surface area contributed by atoms with Gasteiger partial charge < -0.3 is 15.5 Å². The average Bonchev–Trinajstić information content (AvgIpc) is 2.67. The van der Waals surface area contributed by atoms with E-state index in [2.05, 4.69) is 56.6 Å². The molecule has 1 aliphatic heterocycles. The third kappa shape index (κ3) is 5.07. The fraction of sp³-hybridized carbons (Fsp3) is 0.632. The normalized spacial score (nSPS) is 20.0. The molecule has 2 aliphatic rings. The first-order valence-electron chi connectivity index (χ1n) is 9.24. The van der Waals surface area contributed by atoms with E-state index in [1.807, 2.05) is 7.05 Å². The smallest absolute Gasteiger partial charge is 0.191 e. The molecule has 0 unspecified atom stereocenters. The molecule has 1 aromatic rings. The molecule has 24 heavy (non-hydrogen) atoms. The highest BCUT2D eigenvalue weighted by Crippen LogP contribution is 2.20. The maximum atomic E-state index is 4.37. The number of thioether (sulfide) groups is 1. The van der Waals surface area contributed by atoms with E-state index in [0.29, 0.717) is 6.04 Å². The Kier molecular flexibility index (Phi) is 6.70. The quantitative estimate of drug-likeness (QED) is 0.649. The van der Waals surface area contributed by atoms with E-state index < -0.39 is 0 Å². The largest absolute Gasteiger partial charge is 0.370 e. The van der Waals surface area contributed by atoms with Gasteiger partial charge in [-0.2, -0.15) is 11.8 Å². The lowest BCUT2D eigenvalue weighted by Crippen LogP contribution is -2.43. The van der Waals surface area contributed by atoms with Gasteiger partial charge in [0.15, 0.2) is 5.96 Å². The van der Waals surface area contributed by atoms with Gasteiger partial charge in [0.05, 0.1) is 0 Å². The van der Waals surface area contributed by atoms with E-state index >= 15 is 0 Å². The number of rotatable bonds is 4. The van der Waals surface area contributed by atoms with Crippen molar-refractivity contribution in [2.45, 2.75) is 44.7 Å². The first kappa shape index (κ1) is 17.5. The Morgan fingerprint density at radius 2 is 1.83 bits per heavy atom. The van der Waals surface area contributed by atoms with Crippen molar-refractivity contribution in [3.05, 3.63) is 29.8 Å². The Morgan fingerprint density at radius 3 is 2.50 bits per heavy atom. The summed E-state index contributed by atoms with van der Waals surface area (Å²) in [7, 11) is 1.86. The van der Waals surface area contributed by atoms with Gasteiger partial charge in [-0.1, -0.05) is 31.4 Å². The highest BCUT2D eigenvalue weighted by atomic mass is 32.2. The van der Waals surface area contributed by atoms with Crippen molar-refractivity contribution in [2.24, 2.45) is 4.99 Å². The summed E-state index contributed by atoms with van der Waals surface area (Å²) in [5, 5.41) is 7.02. The van der Waals surface area contributed by atoms with Gasteiger partial charge in [0.25, 0.3) is 0 Å². The number of aliphatic imine (C=N–C) groups is 1. The summed E-state index contributed by atoms with van der Waals surface area (Å²) in [6.07, 6.45) is 6.59. The zero-order valence-corrected chi connectivity index (χ0v) is 15.6. The monoisotopic (exact) mass is 346 g/mol. The van der Waals surface area contributed by atoms with Crippen LogP contribution in [0.2, 0.25) is 0 Å². The number of guanidine groups is 1. The summed E-state index contributed by atoms with van der Waals surface area (Å²) in [6.45, 7) is 3.16. The summed E-state index contributed by atoms with van der Waals surface area (Å²) in [5.41, 5.74) is 2.65. The summed E-state index contributed by atoms with van der Waals surface area (Å²) in [4.78, 5) is 6.86. The van der Waals surface area contributed by atoms with Gasteiger partial charge >= 0.3 is 0 Å². The fourth-order valence-electron chi connectivity index (χ4n) is 3.47. The van der Waals surface area contributed by atoms with Crippen LogP contribution < -0.4 is 15.5 Å². The minimum atomic E-state index is 0.587. The van der Waals surface area contributed by atoms with Gasteiger partial charge in [-0.3, -0.25) is 4.99 Å². The second-order valence-corrected chi connectivity index (χ2v) is 7.90. The summed E-state index contributed by atoms with van der Waals surface area (Å²) in [6, 6.07) is 9.56. The van der Waals surface area contributed by atoms with Crippen LogP contribution in [-0.4, -0.2) is 43.6 Å². The van der Waals surface area contributed by atoms with Crippen molar-refractivity contribution in [1.29, 1.82) is 0 Å². The Labute approximate surface area is 150 Å². The average molecular weight is 347 g/mol. The zero-order chi connectivity index (χ0) is 16.6. The third-order valence-corrected chi connectivity index (χ3v) is 5.88. The maximum Gasteiger partial charge on any atom is 0.191 e. The van der Waals surface area contributed by atoms with Crippen molar-refractivity contribution in [3.8, 4) is 0 Å². The van der Waals surface area contributed by atoms with Crippen LogP contribution in [0.3, 0.4) is 0 Å². The Hall–Kier alpha value is -1.36. The van der Waals surface area contributed by atoms with Crippen LogP contribution in [0.1, 0.15) is 37.7 Å². The predicted molar refractivity (Wildman–Crippen MR) is 106 cm³/mol. The minimum absolute atomic E-state index is 0.587. The molecule has 0 atom stereocenters. The lowest BCUT2D eigenvalue weighted by molar-refractivity contribution is 0.410. The van der Waals surface area contributed by atoms with E-state index in [9.17, 15) is 0 Å². The van der Waals surface area contributed by atoms with E-state index in [0.717, 1.165) is 12.5 Å². The molecule has 0 radical (unpaired) electrons. The molecule has 2 fully saturated rings. The number of nitrogens with zero attached hydrogens (tertiary/aromatic N) is 2. The first-order valence-corrected chi connectivity index (χ1v) is 10.4. The Morgan fingerprint density at radius 1 is 1.12 bits per heavy atom. The molecule has 3 rings (SSSR count). The van der Waals surface area contributed by atoms with Gasteiger partial charge in [-0.15, -0.1) is 0 Å². The van der Waals surface area contributed by atoms with Gasteiger partial charge in [0.2, 0.25) is 0 Å². The van der Waals surface area contributed by atoms with E-state index in [1.54, 1.807) is 0 Å². The Bertz CT molecular complexity index is 517. The lowest BCUT2D eigenvalue weighted by atomic mass is 9.96. The van der Waals surface area contributed by atoms with E-state index in [1.165, 1.54) is 68.0 Å². The van der Waals surface area contributed by atoms with Crippen molar-refractivity contribution in [3.63, 3.8) is 0 Å². The van der Waals surface area contributed by atoms with Crippen molar-refractivity contribution in [2.75, 3.05) is 36.5 Å². The number of nitrogens with one attached hydrogen (secondary N) is 2. The minimum Gasteiger partial charge on any atom is -0.370 e. The van der Waals surface area contributed by atoms with Gasteiger partial charge in [0, 0.05) is 49.9 Å². The second-order valence-electron chi connectivity index (χ2n) is 6.67. The van der Waals surface area contributed by atoms with Gasteiger partial charge in [-0.05, 0) is 30.5 Å². The van der Waals surface area contributed by atoms with Crippen LogP contribution in [0.15, 0.2) is 29.3 Å². The molecule has 4 nitrogen and oxygen atoms in total. The molecule has 5 heteroatoms. The second kappa shape index (κ2) is 9.21. The highest BCUT2D eigenvalue weighted by molar-refractivity contribution is 7.99. The Balaban J connectivity index is 1.48. The van der Waals surface area contributed by atoms with Gasteiger partial charge in [0.1, 0.15) is 0 Å². The highest BCUT2D eigenvalue weighted by Gasteiger charge is 2.14. The summed E-state index contributed by atoms with van der Waals surface area (Å²) in [5.74, 6) is 3.41. The van der Waals surface area contributed by atoms with Crippen LogP contribution in [0.25, 0.3) is 0 Å². The zero-order valence-electron chi connectivity index (χ0n) is 14.8. The van der Waals surface area contributed by atoms with E-state index in [4.69, 9.17) is 0 Å². The number of hydrogen-bond acceptors (Lipinski definition) is 3. The van der Waals surface area contributed by atoms with E-state index in [-0.39, 0.29) is 0 Å². The molecule has 0 bridgehead atoms. The van der Waals surface area contributed by atoms with Crippen LogP contribution in [0, 0.1) is 0 Å². The molecule has 132 valence electrons. The first-order chi connectivity index (χ1) is 11.8. The van der Waals surface area contributed by atoms with Crippen molar-refractivity contribution < 1.29 is 0 Å². The van der Waals surface area contributed by atoms with Crippen LogP contribution >= 0.6 is 11.8 Å². The molecular formula is C19H30N4S. The van der Waals surface area contributed by atoms with Crippen LogP contribution in [0.5, 0.6) is 0 Å². The number of hydrogen-bond donors (Lipinski definition) is 2. The molecular weight excluding hydrogens is 316 g/mol. The van der Waals surface area contributed by atoms with Crippen molar-refractivity contribution in [1.82, 2.24) is 10.6 Å². The maximum absolute atomic E-state index is 4.37. The molecule has 1 saturated carbocycles.